The van der Waals surface area contributed by atoms with Gasteiger partial charge >= 0.3 is 5.97 Å². The number of H-pyrrole nitrogens is 1. The minimum atomic E-state index is -1.09. The smallest absolute Gasteiger partial charge is 0.354 e. The number of fused-ring (bicyclic) bond motifs is 3. The standard InChI is InChI=1S/C18H16N6O2/c1-24(2)11-5-3-4-10(8-11)20-17-14-15(22-23-16(14)18(25)26)12-9-19-7-6-13(12)21-17/h3-9H,1-2H3,(H,20,21)(H,22,23)(H,25,26). The highest BCUT2D eigenvalue weighted by Crippen LogP contribution is 2.32. The van der Waals surface area contributed by atoms with Crippen molar-refractivity contribution >= 4 is 45.0 Å². The lowest BCUT2D eigenvalue weighted by Gasteiger charge is -2.15. The Bertz CT molecular complexity index is 1140. The number of hydrogen-bond donors (Lipinski definition) is 3. The number of aromatic carboxylic acids is 1. The molecule has 0 atom stereocenters. The van der Waals surface area contributed by atoms with E-state index in [4.69, 9.17) is 0 Å². The molecule has 3 N–H and O–H groups in total. The fourth-order valence-corrected chi connectivity index (χ4v) is 2.85. The average molecular weight is 348 g/mol. The number of hydrogen-bond acceptors (Lipinski definition) is 6. The molecule has 0 saturated heterocycles. The highest BCUT2D eigenvalue weighted by atomic mass is 16.4. The van der Waals surface area contributed by atoms with Gasteiger partial charge in [-0.3, -0.25) is 10.1 Å². The van der Waals surface area contributed by atoms with Crippen LogP contribution in [0.2, 0.25) is 0 Å². The predicted molar refractivity (Wildman–Crippen MR) is 100 cm³/mol. The Morgan fingerprint density at radius 3 is 2.88 bits per heavy atom. The van der Waals surface area contributed by atoms with Crippen molar-refractivity contribution < 1.29 is 9.90 Å². The first-order chi connectivity index (χ1) is 12.5. The summed E-state index contributed by atoms with van der Waals surface area (Å²) in [5.74, 6) is -0.664. The van der Waals surface area contributed by atoms with E-state index in [-0.39, 0.29) is 5.69 Å². The second-order valence-electron chi connectivity index (χ2n) is 6.05. The molecule has 130 valence electrons. The third-order valence-electron chi connectivity index (χ3n) is 4.13. The van der Waals surface area contributed by atoms with Crippen LogP contribution in [-0.2, 0) is 0 Å². The van der Waals surface area contributed by atoms with Gasteiger partial charge in [-0.1, -0.05) is 6.07 Å². The number of rotatable bonds is 4. The van der Waals surface area contributed by atoms with Crippen molar-refractivity contribution in [2.45, 2.75) is 0 Å². The molecule has 0 radical (unpaired) electrons. The van der Waals surface area contributed by atoms with E-state index in [9.17, 15) is 9.90 Å². The summed E-state index contributed by atoms with van der Waals surface area (Å²) in [7, 11) is 3.91. The summed E-state index contributed by atoms with van der Waals surface area (Å²) in [4.78, 5) is 22.3. The van der Waals surface area contributed by atoms with Crippen LogP contribution in [0, 0.1) is 0 Å². The fraction of sp³-hybridized carbons (Fsp3) is 0.111. The molecule has 8 nitrogen and oxygen atoms in total. The molecule has 0 amide bonds. The number of benzene rings is 1. The molecule has 0 aliphatic heterocycles. The average Bonchev–Trinajstić information content (AvgIpc) is 3.08. The first kappa shape index (κ1) is 15.8. The Kier molecular flexibility index (Phi) is 3.65. The normalized spacial score (nSPS) is 11.0. The summed E-state index contributed by atoms with van der Waals surface area (Å²) >= 11 is 0. The Morgan fingerprint density at radius 1 is 1.27 bits per heavy atom. The lowest BCUT2D eigenvalue weighted by Crippen LogP contribution is -2.08. The van der Waals surface area contributed by atoms with Crippen LogP contribution in [0.5, 0.6) is 0 Å². The summed E-state index contributed by atoms with van der Waals surface area (Å²) in [6.45, 7) is 0. The van der Waals surface area contributed by atoms with E-state index < -0.39 is 5.97 Å². The molecule has 0 saturated carbocycles. The number of aromatic amines is 1. The molecule has 3 aromatic heterocycles. The van der Waals surface area contributed by atoms with Crippen molar-refractivity contribution in [1.29, 1.82) is 0 Å². The first-order valence-electron chi connectivity index (χ1n) is 7.94. The van der Waals surface area contributed by atoms with E-state index in [2.05, 4.69) is 25.5 Å². The first-order valence-corrected chi connectivity index (χ1v) is 7.94. The van der Waals surface area contributed by atoms with Crippen molar-refractivity contribution in [3.05, 3.63) is 48.4 Å². The second-order valence-corrected chi connectivity index (χ2v) is 6.05. The predicted octanol–water partition coefficient (Wildman–Crippen LogP) is 3.01. The SMILES string of the molecule is CN(C)c1cccc(Nc2nc3ccncc3c3n[nH]c(C(=O)O)c23)c1. The van der Waals surface area contributed by atoms with Crippen LogP contribution in [0.3, 0.4) is 0 Å². The van der Waals surface area contributed by atoms with Crippen LogP contribution < -0.4 is 10.2 Å². The molecular formula is C18H16N6O2. The van der Waals surface area contributed by atoms with Gasteiger partial charge < -0.3 is 15.3 Å². The topological polar surface area (TPSA) is 107 Å². The van der Waals surface area contributed by atoms with E-state index in [1.54, 1.807) is 18.5 Å². The largest absolute Gasteiger partial charge is 0.477 e. The van der Waals surface area contributed by atoms with Crippen LogP contribution in [-0.4, -0.2) is 45.3 Å². The van der Waals surface area contributed by atoms with Gasteiger partial charge in [0.1, 0.15) is 11.3 Å². The Labute approximate surface area is 148 Å². The van der Waals surface area contributed by atoms with Crippen molar-refractivity contribution in [2.75, 3.05) is 24.3 Å². The molecule has 0 bridgehead atoms. The summed E-state index contributed by atoms with van der Waals surface area (Å²) in [5.41, 5.74) is 3.01. The van der Waals surface area contributed by atoms with Crippen molar-refractivity contribution in [3.8, 4) is 0 Å². The minimum Gasteiger partial charge on any atom is -0.477 e. The molecule has 0 unspecified atom stereocenters. The molecule has 0 aliphatic rings. The minimum absolute atomic E-state index is 0.00971. The molecular weight excluding hydrogens is 332 g/mol. The highest BCUT2D eigenvalue weighted by Gasteiger charge is 2.20. The lowest BCUT2D eigenvalue weighted by molar-refractivity contribution is 0.0692. The van der Waals surface area contributed by atoms with E-state index in [0.717, 1.165) is 11.4 Å². The Balaban J connectivity index is 1.94. The Morgan fingerprint density at radius 2 is 2.12 bits per heavy atom. The highest BCUT2D eigenvalue weighted by molar-refractivity contribution is 6.14. The maximum Gasteiger partial charge on any atom is 0.354 e. The van der Waals surface area contributed by atoms with E-state index in [1.165, 1.54) is 0 Å². The van der Waals surface area contributed by atoms with Gasteiger partial charge in [0.2, 0.25) is 0 Å². The number of carbonyl (C=O) groups is 1. The molecule has 26 heavy (non-hydrogen) atoms. The molecule has 0 fully saturated rings. The summed E-state index contributed by atoms with van der Waals surface area (Å²) in [6, 6.07) is 9.54. The zero-order valence-corrected chi connectivity index (χ0v) is 14.2. The quantitative estimate of drug-likeness (QED) is 0.520. The van der Waals surface area contributed by atoms with Gasteiger partial charge in [-0.2, -0.15) is 5.10 Å². The monoisotopic (exact) mass is 348 g/mol. The van der Waals surface area contributed by atoms with E-state index in [0.29, 0.717) is 27.6 Å². The maximum atomic E-state index is 11.6. The van der Waals surface area contributed by atoms with Crippen LogP contribution in [0.15, 0.2) is 42.7 Å². The van der Waals surface area contributed by atoms with Crippen LogP contribution >= 0.6 is 0 Å². The van der Waals surface area contributed by atoms with Crippen molar-refractivity contribution in [1.82, 2.24) is 20.2 Å². The van der Waals surface area contributed by atoms with E-state index >= 15 is 0 Å². The molecule has 8 heteroatoms. The van der Waals surface area contributed by atoms with Gasteiger partial charge in [-0.05, 0) is 24.3 Å². The van der Waals surface area contributed by atoms with Gasteiger partial charge in [0, 0.05) is 43.3 Å². The van der Waals surface area contributed by atoms with Gasteiger partial charge in [-0.25, -0.2) is 9.78 Å². The van der Waals surface area contributed by atoms with Crippen LogP contribution in [0.25, 0.3) is 21.8 Å². The zero-order chi connectivity index (χ0) is 18.3. The molecule has 4 rings (SSSR count). The molecule has 1 aromatic carbocycles. The van der Waals surface area contributed by atoms with Crippen molar-refractivity contribution in [2.24, 2.45) is 0 Å². The zero-order valence-electron chi connectivity index (χ0n) is 14.2. The number of nitrogens with zero attached hydrogens (tertiary/aromatic N) is 4. The molecule has 0 spiro atoms. The van der Waals surface area contributed by atoms with Crippen LogP contribution in [0.1, 0.15) is 10.5 Å². The number of carboxylic acids is 1. The van der Waals surface area contributed by atoms with Gasteiger partial charge in [0.25, 0.3) is 0 Å². The third-order valence-corrected chi connectivity index (χ3v) is 4.13. The van der Waals surface area contributed by atoms with Gasteiger partial charge in [0.15, 0.2) is 5.69 Å². The molecule has 0 aliphatic carbocycles. The van der Waals surface area contributed by atoms with E-state index in [1.807, 2.05) is 43.3 Å². The Hall–Kier alpha value is -3.68. The fourth-order valence-electron chi connectivity index (χ4n) is 2.85. The number of aromatic nitrogens is 4. The number of pyridine rings is 2. The second kappa shape index (κ2) is 5.99. The summed E-state index contributed by atoms with van der Waals surface area (Å²) in [6.07, 6.45) is 3.27. The maximum absolute atomic E-state index is 11.6. The van der Waals surface area contributed by atoms with Gasteiger partial charge in [-0.15, -0.1) is 0 Å². The molecule has 3 heterocycles. The third kappa shape index (κ3) is 2.57. The van der Waals surface area contributed by atoms with Crippen LogP contribution in [0.4, 0.5) is 17.2 Å². The number of anilines is 3. The lowest BCUT2D eigenvalue weighted by atomic mass is 10.1. The summed E-state index contributed by atoms with van der Waals surface area (Å²) < 4.78 is 0. The number of nitrogens with one attached hydrogen (secondary N) is 2. The molecule has 4 aromatic rings. The number of carboxylic acid groups (broad SMARTS) is 1. The summed E-state index contributed by atoms with van der Waals surface area (Å²) in [5, 5.41) is 20.6. The van der Waals surface area contributed by atoms with Gasteiger partial charge in [0.05, 0.1) is 10.9 Å². The van der Waals surface area contributed by atoms with Crippen molar-refractivity contribution in [3.63, 3.8) is 0 Å².